The minimum Gasteiger partial charge on any atom is -0.497 e. The van der Waals surface area contributed by atoms with E-state index in [9.17, 15) is 9.59 Å². The SMILES string of the molecule is CCOc1ccc(Cl)cc1/C=c1\sc2n(c1=O)[C@@H](c1cccc(OC)c1)C(C(=O)Nc1ccccc1)=C(C)N=2. The lowest BCUT2D eigenvalue weighted by atomic mass is 9.95. The highest BCUT2D eigenvalue weighted by Crippen LogP contribution is 2.32. The number of hydrogen-bond donors (Lipinski definition) is 1. The fraction of sp³-hybridized carbons (Fsp3) is 0.167. The fourth-order valence-electron chi connectivity index (χ4n) is 4.52. The lowest BCUT2D eigenvalue weighted by Crippen LogP contribution is -2.40. The number of methoxy groups -OCH3 is 1. The van der Waals surface area contributed by atoms with E-state index in [0.717, 1.165) is 5.56 Å². The van der Waals surface area contributed by atoms with Gasteiger partial charge in [0.25, 0.3) is 11.5 Å². The van der Waals surface area contributed by atoms with E-state index in [-0.39, 0.29) is 11.5 Å². The Bertz CT molecular complexity index is 1760. The number of carbonyl (C=O) groups is 1. The Morgan fingerprint density at radius 2 is 1.92 bits per heavy atom. The van der Waals surface area contributed by atoms with Gasteiger partial charge >= 0.3 is 0 Å². The Kier molecular flexibility index (Phi) is 7.67. The first kappa shape index (κ1) is 26.5. The molecule has 7 nitrogen and oxygen atoms in total. The number of benzene rings is 3. The van der Waals surface area contributed by atoms with Crippen molar-refractivity contribution in [3.8, 4) is 11.5 Å². The number of fused-ring (bicyclic) bond motifs is 1. The molecule has 0 saturated carbocycles. The lowest BCUT2D eigenvalue weighted by molar-refractivity contribution is -0.113. The van der Waals surface area contributed by atoms with Gasteiger partial charge in [0.15, 0.2) is 4.80 Å². The predicted molar refractivity (Wildman–Crippen MR) is 154 cm³/mol. The first-order chi connectivity index (χ1) is 18.9. The van der Waals surface area contributed by atoms with Crippen LogP contribution in [0.2, 0.25) is 5.02 Å². The van der Waals surface area contributed by atoms with Gasteiger partial charge in [-0.15, -0.1) is 0 Å². The molecule has 198 valence electrons. The van der Waals surface area contributed by atoms with Crippen LogP contribution in [0.25, 0.3) is 6.08 Å². The number of hydrogen-bond acceptors (Lipinski definition) is 6. The number of para-hydroxylation sites is 1. The number of halogens is 1. The van der Waals surface area contributed by atoms with E-state index in [1.165, 1.54) is 11.3 Å². The molecule has 0 unspecified atom stereocenters. The van der Waals surface area contributed by atoms with Gasteiger partial charge < -0.3 is 14.8 Å². The number of anilines is 1. The monoisotopic (exact) mass is 559 g/mol. The summed E-state index contributed by atoms with van der Waals surface area (Å²) in [5.74, 6) is 0.904. The van der Waals surface area contributed by atoms with Gasteiger partial charge in [0, 0.05) is 16.3 Å². The zero-order valence-corrected chi connectivity index (χ0v) is 23.2. The van der Waals surface area contributed by atoms with Crippen LogP contribution in [0.1, 0.15) is 31.0 Å². The maximum absolute atomic E-state index is 14.0. The molecule has 0 radical (unpaired) electrons. The average Bonchev–Trinajstić information content (AvgIpc) is 3.24. The number of thiazole rings is 1. The van der Waals surface area contributed by atoms with E-state index in [0.29, 0.717) is 55.0 Å². The molecule has 0 fully saturated rings. The maximum Gasteiger partial charge on any atom is 0.271 e. The number of aromatic nitrogens is 1. The molecular weight excluding hydrogens is 534 g/mol. The van der Waals surface area contributed by atoms with Crippen LogP contribution in [0, 0.1) is 0 Å². The van der Waals surface area contributed by atoms with Crippen molar-refractivity contribution < 1.29 is 14.3 Å². The molecule has 39 heavy (non-hydrogen) atoms. The van der Waals surface area contributed by atoms with E-state index in [1.807, 2.05) is 61.5 Å². The van der Waals surface area contributed by atoms with E-state index < -0.39 is 6.04 Å². The van der Waals surface area contributed by atoms with E-state index in [1.54, 1.807) is 42.9 Å². The minimum atomic E-state index is -0.715. The zero-order valence-electron chi connectivity index (χ0n) is 21.6. The molecule has 5 rings (SSSR count). The third kappa shape index (κ3) is 5.39. The van der Waals surface area contributed by atoms with Gasteiger partial charge in [-0.25, -0.2) is 4.99 Å². The third-order valence-electron chi connectivity index (χ3n) is 6.27. The molecule has 1 atom stereocenters. The second-order valence-corrected chi connectivity index (χ2v) is 10.2. The van der Waals surface area contributed by atoms with Crippen LogP contribution in [0.3, 0.4) is 0 Å². The van der Waals surface area contributed by atoms with Gasteiger partial charge in [-0.2, -0.15) is 0 Å². The molecule has 0 aliphatic carbocycles. The van der Waals surface area contributed by atoms with Gasteiger partial charge in [0.2, 0.25) is 0 Å². The van der Waals surface area contributed by atoms with Gasteiger partial charge in [-0.1, -0.05) is 53.3 Å². The largest absolute Gasteiger partial charge is 0.497 e. The van der Waals surface area contributed by atoms with Crippen molar-refractivity contribution in [2.75, 3.05) is 19.0 Å². The molecular formula is C30H26ClN3O4S. The number of nitrogens with one attached hydrogen (secondary N) is 1. The van der Waals surface area contributed by atoms with Gasteiger partial charge in [-0.05, 0) is 68.0 Å². The van der Waals surface area contributed by atoms with Gasteiger partial charge in [-0.3, -0.25) is 14.2 Å². The third-order valence-corrected chi connectivity index (χ3v) is 7.48. The molecule has 1 N–H and O–H groups in total. The van der Waals surface area contributed by atoms with Crippen LogP contribution >= 0.6 is 22.9 Å². The molecule has 1 aliphatic heterocycles. The van der Waals surface area contributed by atoms with Gasteiger partial charge in [0.1, 0.15) is 11.5 Å². The lowest BCUT2D eigenvalue weighted by Gasteiger charge is -2.25. The Morgan fingerprint density at radius 3 is 2.67 bits per heavy atom. The molecule has 1 aliphatic rings. The molecule has 2 heterocycles. The van der Waals surface area contributed by atoms with E-state index in [4.69, 9.17) is 26.1 Å². The quantitative estimate of drug-likeness (QED) is 0.348. The highest BCUT2D eigenvalue weighted by Gasteiger charge is 2.32. The molecule has 1 amide bonds. The summed E-state index contributed by atoms with van der Waals surface area (Å²) >= 11 is 7.51. The van der Waals surface area contributed by atoms with Crippen molar-refractivity contribution >= 4 is 40.6 Å². The minimum absolute atomic E-state index is 0.272. The van der Waals surface area contributed by atoms with Crippen molar-refractivity contribution in [1.29, 1.82) is 0 Å². The number of rotatable bonds is 7. The van der Waals surface area contributed by atoms with Crippen LogP contribution in [0.4, 0.5) is 5.69 Å². The Labute approximate surface area is 234 Å². The summed E-state index contributed by atoms with van der Waals surface area (Å²) in [6.45, 7) is 4.15. The predicted octanol–water partition coefficient (Wildman–Crippen LogP) is 4.93. The van der Waals surface area contributed by atoms with Crippen LogP contribution < -0.4 is 29.7 Å². The van der Waals surface area contributed by atoms with Crippen LogP contribution in [-0.2, 0) is 4.79 Å². The Balaban J connectivity index is 1.70. The standard InChI is InChI=1S/C30H26ClN3O4S/c1-4-38-24-14-13-21(31)15-20(24)17-25-29(36)34-27(19-9-8-12-23(16-19)37-3)26(18(2)32-30(34)39-25)28(35)33-22-10-6-5-7-11-22/h5-17,27H,4H2,1-3H3,(H,33,35)/b25-17-/t27-/m0/s1. The first-order valence-electron chi connectivity index (χ1n) is 12.3. The molecule has 9 heteroatoms. The van der Waals surface area contributed by atoms with Crippen molar-refractivity contribution in [3.05, 3.63) is 120 Å². The molecule has 4 aromatic rings. The van der Waals surface area contributed by atoms with Gasteiger partial charge in [0.05, 0.1) is 35.6 Å². The summed E-state index contributed by atoms with van der Waals surface area (Å²) in [7, 11) is 1.58. The van der Waals surface area contributed by atoms with E-state index in [2.05, 4.69) is 5.32 Å². The van der Waals surface area contributed by atoms with Crippen LogP contribution in [0.15, 0.2) is 93.9 Å². The smallest absolute Gasteiger partial charge is 0.271 e. The van der Waals surface area contributed by atoms with Crippen molar-refractivity contribution in [2.45, 2.75) is 19.9 Å². The summed E-state index contributed by atoms with van der Waals surface area (Å²) in [6.07, 6.45) is 1.76. The van der Waals surface area contributed by atoms with E-state index >= 15 is 0 Å². The Hall–Kier alpha value is -4.14. The zero-order chi connectivity index (χ0) is 27.5. The fourth-order valence-corrected chi connectivity index (χ4v) is 5.74. The molecule has 0 bridgehead atoms. The van der Waals surface area contributed by atoms with Crippen LogP contribution in [-0.4, -0.2) is 24.2 Å². The number of nitrogens with zero attached hydrogens (tertiary/aromatic N) is 2. The van der Waals surface area contributed by atoms with Crippen molar-refractivity contribution in [1.82, 2.24) is 4.57 Å². The number of ether oxygens (including phenoxy) is 2. The normalized spacial score (nSPS) is 15.0. The van der Waals surface area contributed by atoms with Crippen LogP contribution in [0.5, 0.6) is 11.5 Å². The molecule has 3 aromatic carbocycles. The summed E-state index contributed by atoms with van der Waals surface area (Å²) in [6, 6.07) is 21.1. The molecule has 1 aromatic heterocycles. The molecule has 0 saturated heterocycles. The Morgan fingerprint density at radius 1 is 1.13 bits per heavy atom. The second-order valence-electron chi connectivity index (χ2n) is 8.79. The summed E-state index contributed by atoms with van der Waals surface area (Å²) in [5.41, 5.74) is 2.70. The highest BCUT2D eigenvalue weighted by atomic mass is 35.5. The maximum atomic E-state index is 14.0. The summed E-state index contributed by atoms with van der Waals surface area (Å²) < 4.78 is 13.2. The number of amides is 1. The topological polar surface area (TPSA) is 81.9 Å². The first-order valence-corrected chi connectivity index (χ1v) is 13.5. The number of carbonyl (C=O) groups excluding carboxylic acids is 1. The van der Waals surface area contributed by atoms with Crippen molar-refractivity contribution in [3.63, 3.8) is 0 Å². The summed E-state index contributed by atoms with van der Waals surface area (Å²) in [5, 5.41) is 3.49. The second kappa shape index (κ2) is 11.3. The molecule has 0 spiro atoms. The average molecular weight is 560 g/mol. The highest BCUT2D eigenvalue weighted by molar-refractivity contribution is 7.07. The summed E-state index contributed by atoms with van der Waals surface area (Å²) in [4.78, 5) is 32.8. The number of allylic oxidation sites excluding steroid dienone is 1. The van der Waals surface area contributed by atoms with Crippen molar-refractivity contribution in [2.24, 2.45) is 4.99 Å².